The maximum atomic E-state index is 13.1. The number of hydrogen-bond donors (Lipinski definition) is 1. The van der Waals surface area contributed by atoms with E-state index in [4.69, 9.17) is 0 Å². The van der Waals surface area contributed by atoms with Crippen LogP contribution in [0.25, 0.3) is 0 Å². The zero-order valence-electron chi connectivity index (χ0n) is 16.2. The number of hydrogen-bond acceptors (Lipinski definition) is 4. The molecular formula is C20H28N6O. The van der Waals surface area contributed by atoms with Gasteiger partial charge in [-0.1, -0.05) is 0 Å². The fourth-order valence-corrected chi connectivity index (χ4v) is 4.82. The summed E-state index contributed by atoms with van der Waals surface area (Å²) < 4.78 is 4.64. The predicted molar refractivity (Wildman–Crippen MR) is 102 cm³/mol. The van der Waals surface area contributed by atoms with Crippen molar-refractivity contribution < 1.29 is 4.79 Å². The molecule has 3 aliphatic rings. The zero-order chi connectivity index (χ0) is 18.5. The normalized spacial score (nSPS) is 20.7. The molecule has 27 heavy (non-hydrogen) atoms. The summed E-state index contributed by atoms with van der Waals surface area (Å²) in [4.78, 5) is 15.2. The number of aromatic nitrogens is 4. The third-order valence-electron chi connectivity index (χ3n) is 6.43. The van der Waals surface area contributed by atoms with E-state index in [2.05, 4.69) is 44.6 Å². The van der Waals surface area contributed by atoms with Gasteiger partial charge in [-0.25, -0.2) is 0 Å². The first-order valence-electron chi connectivity index (χ1n) is 10.2. The molecule has 2 aliphatic heterocycles. The standard InChI is InChI=1S/C20H28N6O/c1-13-11-17(14(2)26(13)16-3-4-16)20(27)24-8-5-15(6-9-24)19-23-22-18-12-21-7-10-25(18)19/h11,15-16,21H,3-10,12H2,1-2H3. The van der Waals surface area contributed by atoms with Crippen LogP contribution in [0.4, 0.5) is 0 Å². The number of likely N-dealkylation sites (tertiary alicyclic amines) is 1. The van der Waals surface area contributed by atoms with Crippen molar-refractivity contribution >= 4 is 5.91 Å². The molecule has 5 rings (SSSR count). The lowest BCUT2D eigenvalue weighted by atomic mass is 9.95. The van der Waals surface area contributed by atoms with Crippen LogP contribution < -0.4 is 5.32 Å². The van der Waals surface area contributed by atoms with Crippen LogP contribution in [0.3, 0.4) is 0 Å². The van der Waals surface area contributed by atoms with Crippen molar-refractivity contribution in [3.63, 3.8) is 0 Å². The summed E-state index contributed by atoms with van der Waals surface area (Å²) in [5.41, 5.74) is 3.25. The van der Waals surface area contributed by atoms with E-state index >= 15 is 0 Å². The predicted octanol–water partition coefficient (Wildman–Crippen LogP) is 2.15. The lowest BCUT2D eigenvalue weighted by Crippen LogP contribution is -2.39. The number of aryl methyl sites for hydroxylation is 1. The maximum absolute atomic E-state index is 13.1. The van der Waals surface area contributed by atoms with Crippen molar-refractivity contribution in [2.45, 2.75) is 64.6 Å². The van der Waals surface area contributed by atoms with Crippen molar-refractivity contribution in [3.05, 3.63) is 34.7 Å². The molecule has 144 valence electrons. The monoisotopic (exact) mass is 368 g/mol. The van der Waals surface area contributed by atoms with Gasteiger partial charge in [-0.05, 0) is 45.6 Å². The van der Waals surface area contributed by atoms with Gasteiger partial charge in [-0.15, -0.1) is 10.2 Å². The van der Waals surface area contributed by atoms with E-state index in [9.17, 15) is 4.79 Å². The zero-order valence-corrected chi connectivity index (χ0v) is 16.2. The van der Waals surface area contributed by atoms with Crippen LogP contribution in [0, 0.1) is 13.8 Å². The minimum atomic E-state index is 0.195. The average molecular weight is 368 g/mol. The van der Waals surface area contributed by atoms with Gasteiger partial charge in [-0.3, -0.25) is 4.79 Å². The Morgan fingerprint density at radius 2 is 1.89 bits per heavy atom. The Morgan fingerprint density at radius 3 is 2.63 bits per heavy atom. The molecule has 7 heteroatoms. The Labute approximate surface area is 159 Å². The molecule has 1 amide bonds. The molecule has 2 fully saturated rings. The third kappa shape index (κ3) is 2.88. The third-order valence-corrected chi connectivity index (χ3v) is 6.43. The number of nitrogens with zero attached hydrogens (tertiary/aromatic N) is 5. The summed E-state index contributed by atoms with van der Waals surface area (Å²) >= 11 is 0. The molecule has 1 saturated carbocycles. The Morgan fingerprint density at radius 1 is 1.11 bits per heavy atom. The molecule has 2 aromatic rings. The summed E-state index contributed by atoms with van der Waals surface area (Å²) in [6.07, 6.45) is 4.43. The molecule has 0 spiro atoms. The molecule has 4 heterocycles. The van der Waals surface area contributed by atoms with Crippen molar-refractivity contribution in [2.75, 3.05) is 19.6 Å². The second kappa shape index (κ2) is 6.48. The molecule has 7 nitrogen and oxygen atoms in total. The first kappa shape index (κ1) is 17.0. The van der Waals surface area contributed by atoms with E-state index in [0.717, 1.165) is 68.5 Å². The summed E-state index contributed by atoms with van der Waals surface area (Å²) in [6, 6.07) is 2.70. The second-order valence-electron chi connectivity index (χ2n) is 8.26. The van der Waals surface area contributed by atoms with Crippen molar-refractivity contribution in [1.82, 2.24) is 29.5 Å². The van der Waals surface area contributed by atoms with Crippen molar-refractivity contribution in [2.24, 2.45) is 0 Å². The van der Waals surface area contributed by atoms with Crippen molar-refractivity contribution in [1.29, 1.82) is 0 Å². The Balaban J connectivity index is 1.29. The van der Waals surface area contributed by atoms with E-state index in [1.54, 1.807) is 0 Å². The second-order valence-corrected chi connectivity index (χ2v) is 8.26. The lowest BCUT2D eigenvalue weighted by Gasteiger charge is -2.32. The summed E-state index contributed by atoms with van der Waals surface area (Å²) in [5.74, 6) is 2.76. The molecular weight excluding hydrogens is 340 g/mol. The quantitative estimate of drug-likeness (QED) is 0.901. The summed E-state index contributed by atoms with van der Waals surface area (Å²) in [7, 11) is 0. The van der Waals surface area contributed by atoms with E-state index < -0.39 is 0 Å². The number of amides is 1. The lowest BCUT2D eigenvalue weighted by molar-refractivity contribution is 0.0709. The van der Waals surface area contributed by atoms with Gasteiger partial charge < -0.3 is 19.4 Å². The fraction of sp³-hybridized carbons (Fsp3) is 0.650. The van der Waals surface area contributed by atoms with Crippen LogP contribution in [-0.2, 0) is 13.1 Å². The van der Waals surface area contributed by atoms with Gasteiger partial charge in [0.05, 0.1) is 12.1 Å². The number of piperidine rings is 1. The van der Waals surface area contributed by atoms with Gasteiger partial charge in [0.15, 0.2) is 0 Å². The summed E-state index contributed by atoms with van der Waals surface area (Å²) in [5, 5.41) is 12.2. The number of fused-ring (bicyclic) bond motifs is 1. The smallest absolute Gasteiger partial charge is 0.255 e. The molecule has 1 saturated heterocycles. The minimum absolute atomic E-state index is 0.195. The molecule has 0 unspecified atom stereocenters. The van der Waals surface area contributed by atoms with Gasteiger partial charge in [0.2, 0.25) is 0 Å². The van der Waals surface area contributed by atoms with Gasteiger partial charge in [0, 0.05) is 49.5 Å². The van der Waals surface area contributed by atoms with Crippen LogP contribution in [-0.4, -0.2) is 49.8 Å². The highest BCUT2D eigenvalue weighted by atomic mass is 16.2. The molecule has 1 aliphatic carbocycles. The molecule has 2 aromatic heterocycles. The first-order chi connectivity index (χ1) is 13.1. The van der Waals surface area contributed by atoms with Gasteiger partial charge in [0.1, 0.15) is 11.6 Å². The van der Waals surface area contributed by atoms with Gasteiger partial charge in [-0.2, -0.15) is 0 Å². The minimum Gasteiger partial charge on any atom is -0.345 e. The van der Waals surface area contributed by atoms with Gasteiger partial charge >= 0.3 is 0 Å². The van der Waals surface area contributed by atoms with E-state index in [1.165, 1.54) is 18.5 Å². The van der Waals surface area contributed by atoms with Crippen LogP contribution in [0.5, 0.6) is 0 Å². The molecule has 1 N–H and O–H groups in total. The van der Waals surface area contributed by atoms with Gasteiger partial charge in [0.25, 0.3) is 5.91 Å². The number of nitrogens with one attached hydrogen (secondary N) is 1. The van der Waals surface area contributed by atoms with E-state index in [1.807, 2.05) is 4.90 Å². The largest absolute Gasteiger partial charge is 0.345 e. The highest BCUT2D eigenvalue weighted by molar-refractivity contribution is 5.95. The first-order valence-corrected chi connectivity index (χ1v) is 10.2. The highest BCUT2D eigenvalue weighted by Gasteiger charge is 2.32. The summed E-state index contributed by atoms with van der Waals surface area (Å²) in [6.45, 7) is 8.56. The van der Waals surface area contributed by atoms with Crippen LogP contribution in [0.1, 0.15) is 71.0 Å². The van der Waals surface area contributed by atoms with Crippen molar-refractivity contribution in [3.8, 4) is 0 Å². The van der Waals surface area contributed by atoms with E-state index in [-0.39, 0.29) is 5.91 Å². The number of rotatable bonds is 3. The Hall–Kier alpha value is -2.15. The average Bonchev–Trinajstić information content (AvgIpc) is 3.35. The Bertz CT molecular complexity index is 869. The topological polar surface area (TPSA) is 68.0 Å². The van der Waals surface area contributed by atoms with Crippen LogP contribution in [0.15, 0.2) is 6.07 Å². The van der Waals surface area contributed by atoms with E-state index in [0.29, 0.717) is 12.0 Å². The molecule has 0 radical (unpaired) electrons. The van der Waals surface area contributed by atoms with Crippen LogP contribution in [0.2, 0.25) is 0 Å². The molecule has 0 atom stereocenters. The number of carbonyl (C=O) groups excluding carboxylic acids is 1. The van der Waals surface area contributed by atoms with Crippen LogP contribution >= 0.6 is 0 Å². The molecule has 0 bridgehead atoms. The Kier molecular flexibility index (Phi) is 4.07. The fourth-order valence-electron chi connectivity index (χ4n) is 4.82. The SMILES string of the molecule is Cc1cc(C(=O)N2CCC(c3nnc4n3CCNC4)CC2)c(C)n1C1CC1. The highest BCUT2D eigenvalue weighted by Crippen LogP contribution is 2.38. The number of carbonyl (C=O) groups is 1. The molecule has 0 aromatic carbocycles. The maximum Gasteiger partial charge on any atom is 0.255 e.